The Kier molecular flexibility index (Phi) is 26.7. The second-order valence-electron chi connectivity index (χ2n) is 31.0. The highest BCUT2D eigenvalue weighted by Crippen LogP contribution is 2.61. The zero-order chi connectivity index (χ0) is 84.1. The van der Waals surface area contributed by atoms with Crippen LogP contribution in [-0.2, 0) is 76.9 Å². The molecule has 5 N–H and O–H groups in total. The Morgan fingerprint density at radius 3 is 1.34 bits per heavy atom. The first kappa shape index (κ1) is 85.4. The number of halogens is 1. The van der Waals surface area contributed by atoms with Gasteiger partial charge in [0.15, 0.2) is 46.0 Å². The molecule has 8 heterocycles. The number of aromatic hydroxyl groups is 1. The SMILES string of the molecule is CCCC(=O)Cl.CCCC(=O)Oc1c(OC)c(C)cc2c1[C@@H]1C3Cc4c(OC(C)=O)c(C)c5c(c4[C@H](CNC(=O)C(C)NC(=O)CCc4ccccc4)N3[C@@H](C#N)[C@H](C2)N1C)OCO5.COc1c(C)cc2c(c1O)[C@@H]1C3Cc4c(OC(C)=O)c(C)c5c(c4[C@H](CNC(=O)C(C)NC(=O)CCc4ccccc4)N3[C@@H](C#N)[C@H](C2)N1C)OCO5. The van der Waals surface area contributed by atoms with Gasteiger partial charge in [-0.25, -0.2) is 0 Å². The molecule has 620 valence electrons. The first-order valence-electron chi connectivity index (χ1n) is 39.8. The third-order valence-corrected chi connectivity index (χ3v) is 23.8. The smallest absolute Gasteiger partial charge is 0.311 e. The molecule has 6 aromatic carbocycles. The second kappa shape index (κ2) is 36.7. The molecule has 0 aromatic heterocycles. The fourth-order valence-corrected chi connectivity index (χ4v) is 18.7. The third-order valence-electron chi connectivity index (χ3n) is 23.6. The van der Waals surface area contributed by atoms with Crippen molar-refractivity contribution >= 4 is 58.4 Å². The Bertz CT molecular complexity index is 4930. The maximum absolute atomic E-state index is 13.8. The van der Waals surface area contributed by atoms with Gasteiger partial charge >= 0.3 is 17.9 Å². The zero-order valence-electron chi connectivity index (χ0n) is 68.6. The molecular formula is C88H103ClN10O18. The van der Waals surface area contributed by atoms with E-state index >= 15 is 0 Å². The number of hydrogen-bond acceptors (Lipinski definition) is 24. The number of carbonyl (C=O) groups excluding carboxylic acids is 8. The average Bonchev–Trinajstić information content (AvgIpc) is 0.828. The molecule has 6 aromatic rings. The quantitative estimate of drug-likeness (QED) is 0.0226. The zero-order valence-corrected chi connectivity index (χ0v) is 69.4. The summed E-state index contributed by atoms with van der Waals surface area (Å²) in [6, 6.07) is 22.1. The largest absolute Gasteiger partial charge is 0.504 e. The first-order chi connectivity index (χ1) is 56.1. The second-order valence-corrected chi connectivity index (χ2v) is 31.5. The van der Waals surface area contributed by atoms with Crippen LogP contribution in [0.2, 0.25) is 0 Å². The van der Waals surface area contributed by atoms with Crippen LogP contribution in [0.3, 0.4) is 0 Å². The van der Waals surface area contributed by atoms with E-state index in [0.29, 0.717) is 136 Å². The number of nitriles is 2. The molecule has 14 rings (SSSR count). The number of phenolic OH excluding ortho intramolecular Hbond substituents is 1. The number of fused-ring (bicyclic) bond motifs is 18. The summed E-state index contributed by atoms with van der Waals surface area (Å²) in [5.41, 5.74) is 11.0. The molecule has 4 unspecified atom stereocenters. The molecule has 2 saturated heterocycles. The van der Waals surface area contributed by atoms with E-state index in [1.807, 2.05) is 122 Å². The van der Waals surface area contributed by atoms with Gasteiger partial charge in [0, 0.05) is 121 Å². The number of nitrogens with zero attached hydrogens (tertiary/aromatic N) is 6. The highest BCUT2D eigenvalue weighted by molar-refractivity contribution is 6.63. The molecular weight excluding hydrogens is 1520 g/mol. The predicted molar refractivity (Wildman–Crippen MR) is 430 cm³/mol. The van der Waals surface area contributed by atoms with Gasteiger partial charge in [0.05, 0.1) is 50.5 Å². The van der Waals surface area contributed by atoms with E-state index in [1.165, 1.54) is 21.0 Å². The summed E-state index contributed by atoms with van der Waals surface area (Å²) in [5.74, 6) is 1.09. The van der Waals surface area contributed by atoms with Gasteiger partial charge in [0.1, 0.15) is 35.7 Å². The van der Waals surface area contributed by atoms with Crippen LogP contribution in [0, 0.1) is 50.4 Å². The summed E-state index contributed by atoms with van der Waals surface area (Å²) in [7, 11) is 7.04. The summed E-state index contributed by atoms with van der Waals surface area (Å²) in [4.78, 5) is 110. The number of aryl methyl sites for hydroxylation is 4. The molecule has 4 amide bonds. The standard InChI is InChI=1S/C44H51N5O9.C40H45N5O8.C4H7ClO/c1-8-12-35(52)58-43-36-28(17-23(2)39(43)54-7)18-30-32(20-45)49-31(38(36)48(30)6)19-29-37(42-41(55-22-56-42)24(3)40(29)57-26(5)50)33(49)21-46-44(53)25(4)47-34(51)16-15-27-13-10-9-11-14-27;1-20-14-25-15-27-29(17-41)45-28(34(44(27)5)32(25)35(48)36(20)50-6)16-26-33(39-38(51-19-52-39)21(2)37(26)53-23(4)46)30(45)18-42-40(49)22(3)43-31(47)13-12-24-10-8-7-9-11-24;1-2-3-4(5)6/h9-11,13-14,17,25,30-33,38H,8,12,15-16,18-19,21-22H2,1-7H3,(H,46,53)(H,47,51);7-11,14,22,27-30,34,48H,12-13,15-16,18-19H2,1-6H3,(H,42,49)(H,43,47);2-3H2,1H3/t25?,30-,31?,32-,33-,38-;22?,27-,28?,29-,30-,34-;/m00./s1. The molecule has 0 aliphatic carbocycles. The molecule has 0 radical (unpaired) electrons. The van der Waals surface area contributed by atoms with Crippen molar-refractivity contribution in [3.05, 3.63) is 151 Å². The Labute approximate surface area is 686 Å². The number of hydrogen-bond donors (Lipinski definition) is 5. The number of esters is 3. The van der Waals surface area contributed by atoms with Crippen molar-refractivity contribution in [2.24, 2.45) is 0 Å². The van der Waals surface area contributed by atoms with E-state index in [-0.39, 0.29) is 86.8 Å². The number of nitrogens with one attached hydrogen (secondary N) is 4. The number of methoxy groups -OCH3 is 2. The van der Waals surface area contributed by atoms with Crippen LogP contribution in [-0.4, -0.2) is 175 Å². The lowest BCUT2D eigenvalue weighted by Crippen LogP contribution is -2.69. The minimum Gasteiger partial charge on any atom is -0.504 e. The van der Waals surface area contributed by atoms with E-state index in [2.05, 4.69) is 59.1 Å². The minimum absolute atomic E-state index is 0.0225. The number of benzene rings is 6. The van der Waals surface area contributed by atoms with Crippen LogP contribution in [0.4, 0.5) is 0 Å². The molecule has 4 bridgehead atoms. The Morgan fingerprint density at radius 2 is 0.949 bits per heavy atom. The number of rotatable bonds is 23. The fraction of sp³-hybridized carbons (Fsp3) is 0.477. The summed E-state index contributed by atoms with van der Waals surface area (Å²) in [6.45, 7) is 17.2. The third kappa shape index (κ3) is 17.1. The number of phenols is 1. The summed E-state index contributed by atoms with van der Waals surface area (Å²) < 4.78 is 53.8. The number of ether oxygens (including phenoxy) is 9. The van der Waals surface area contributed by atoms with Crippen molar-refractivity contribution in [2.45, 2.75) is 219 Å². The summed E-state index contributed by atoms with van der Waals surface area (Å²) in [5, 5.41) is 45.3. The molecule has 2 fully saturated rings. The maximum atomic E-state index is 13.8. The van der Waals surface area contributed by atoms with Crippen molar-refractivity contribution < 1.29 is 86.1 Å². The van der Waals surface area contributed by atoms with Crippen molar-refractivity contribution in [2.75, 3.05) is 55.0 Å². The van der Waals surface area contributed by atoms with Crippen LogP contribution in [0.5, 0.6) is 57.5 Å². The molecule has 117 heavy (non-hydrogen) atoms. The number of piperazine rings is 2. The van der Waals surface area contributed by atoms with Gasteiger partial charge in [0.2, 0.25) is 42.5 Å². The van der Waals surface area contributed by atoms with Gasteiger partial charge < -0.3 is 69.0 Å². The maximum Gasteiger partial charge on any atom is 0.311 e. The molecule has 0 saturated carbocycles. The molecule has 12 atom stereocenters. The predicted octanol–water partition coefficient (Wildman–Crippen LogP) is 9.95. The lowest BCUT2D eigenvalue weighted by molar-refractivity contribution is -0.135. The van der Waals surface area contributed by atoms with Crippen LogP contribution in [0.25, 0.3) is 0 Å². The van der Waals surface area contributed by atoms with E-state index < -0.39 is 84.2 Å². The Balaban J connectivity index is 0.000000202. The number of likely N-dealkylation sites (N-methyl/N-ethyl adjacent to an activating group) is 2. The number of amides is 4. The van der Waals surface area contributed by atoms with Crippen LogP contribution in [0.15, 0.2) is 72.8 Å². The van der Waals surface area contributed by atoms with E-state index in [4.69, 9.17) is 54.2 Å². The molecule has 8 aliphatic rings. The first-order valence-corrected chi connectivity index (χ1v) is 40.2. The fourth-order valence-electron chi connectivity index (χ4n) is 18.5. The van der Waals surface area contributed by atoms with Gasteiger partial charge in [-0.15, -0.1) is 0 Å². The van der Waals surface area contributed by atoms with Crippen LogP contribution < -0.4 is 63.9 Å². The molecule has 29 heteroatoms. The number of carbonyl (C=O) groups is 8. The minimum atomic E-state index is -0.858. The molecule has 0 spiro atoms. The normalized spacial score (nSPS) is 21.8. The van der Waals surface area contributed by atoms with Gasteiger partial charge in [-0.1, -0.05) is 86.6 Å². The van der Waals surface area contributed by atoms with Gasteiger partial charge in [-0.3, -0.25) is 58.0 Å². The van der Waals surface area contributed by atoms with Crippen LogP contribution >= 0.6 is 11.6 Å². The molecule has 28 nitrogen and oxygen atoms in total. The van der Waals surface area contributed by atoms with Crippen molar-refractivity contribution in [1.82, 2.24) is 40.9 Å². The summed E-state index contributed by atoms with van der Waals surface area (Å²) in [6.07, 6.45) is 5.34. The summed E-state index contributed by atoms with van der Waals surface area (Å²) >= 11 is 4.94. The highest BCUT2D eigenvalue weighted by atomic mass is 35.5. The monoisotopic (exact) mass is 1620 g/mol. The van der Waals surface area contributed by atoms with Crippen LogP contribution in [0.1, 0.15) is 182 Å². The molecule has 8 aliphatic heterocycles. The lowest BCUT2D eigenvalue weighted by Gasteiger charge is -2.60. The lowest BCUT2D eigenvalue weighted by atomic mass is 9.71. The van der Waals surface area contributed by atoms with E-state index in [1.54, 1.807) is 21.0 Å². The van der Waals surface area contributed by atoms with Gasteiger partial charge in [0.25, 0.3) is 0 Å². The van der Waals surface area contributed by atoms with Gasteiger partial charge in [-0.2, -0.15) is 10.5 Å². The average molecular weight is 1620 g/mol. The van der Waals surface area contributed by atoms with E-state index in [0.717, 1.165) is 50.9 Å². The Morgan fingerprint density at radius 1 is 0.538 bits per heavy atom. The topological polar surface area (TPSA) is 349 Å². The van der Waals surface area contributed by atoms with Crippen molar-refractivity contribution in [1.29, 1.82) is 10.5 Å². The van der Waals surface area contributed by atoms with Crippen molar-refractivity contribution in [3.63, 3.8) is 0 Å². The van der Waals surface area contributed by atoms with Crippen molar-refractivity contribution in [3.8, 4) is 69.6 Å². The van der Waals surface area contributed by atoms with E-state index in [9.17, 15) is 54.0 Å². The highest BCUT2D eigenvalue weighted by Gasteiger charge is 2.60. The van der Waals surface area contributed by atoms with Gasteiger partial charge in [-0.05, 0) is 152 Å². The Hall–Kier alpha value is -11.0.